The van der Waals surface area contributed by atoms with Gasteiger partial charge in [-0.15, -0.1) is 0 Å². The number of hydrogen-bond acceptors (Lipinski definition) is 10. The number of thioether (sulfide) groups is 1. The third kappa shape index (κ3) is 5.12. The van der Waals surface area contributed by atoms with Crippen molar-refractivity contribution in [2.24, 2.45) is 0 Å². The van der Waals surface area contributed by atoms with Crippen molar-refractivity contribution in [2.75, 3.05) is 37.9 Å². The molecule has 3 rings (SSSR count). The Hall–Kier alpha value is -1.71. The number of anilines is 1. The molecular weight excluding hydrogens is 431 g/mol. The summed E-state index contributed by atoms with van der Waals surface area (Å²) in [5.74, 6) is 0.0196. The van der Waals surface area contributed by atoms with Crippen LogP contribution in [0.3, 0.4) is 0 Å². The monoisotopic (exact) mass is 453 g/mol. The Kier molecular flexibility index (Phi) is 7.36. The zero-order valence-corrected chi connectivity index (χ0v) is 16.7. The fourth-order valence-electron chi connectivity index (χ4n) is 2.91. The number of methoxy groups -OCH3 is 1. The van der Waals surface area contributed by atoms with Gasteiger partial charge in [-0.25, -0.2) is 15.0 Å². The minimum absolute atomic E-state index is 0.0835. The SMILES string of the molecule is COCCNc1nc(SCCC(F)(F)F)nc2c1ncn2[C@@H]1O[C@H](CO)[C@@H](O)[C@H]1O. The summed E-state index contributed by atoms with van der Waals surface area (Å²) in [6.07, 6.45) is -8.73. The number of nitrogens with zero attached hydrogens (tertiary/aromatic N) is 4. The first-order valence-corrected chi connectivity index (χ1v) is 10.0. The third-order valence-corrected chi connectivity index (χ3v) is 5.26. The van der Waals surface area contributed by atoms with E-state index < -0.39 is 43.7 Å². The number of aliphatic hydroxyl groups is 3. The largest absolute Gasteiger partial charge is 0.394 e. The van der Waals surface area contributed by atoms with E-state index in [1.165, 1.54) is 18.0 Å². The number of aliphatic hydroxyl groups excluding tert-OH is 3. The van der Waals surface area contributed by atoms with Gasteiger partial charge >= 0.3 is 6.18 Å². The zero-order valence-electron chi connectivity index (χ0n) is 15.9. The first-order valence-electron chi connectivity index (χ1n) is 9.04. The van der Waals surface area contributed by atoms with E-state index in [1.807, 2.05) is 0 Å². The summed E-state index contributed by atoms with van der Waals surface area (Å²) >= 11 is 0.829. The molecule has 168 valence electrons. The molecule has 2 aromatic heterocycles. The van der Waals surface area contributed by atoms with E-state index in [-0.39, 0.29) is 22.4 Å². The summed E-state index contributed by atoms with van der Waals surface area (Å²) in [5.41, 5.74) is 0.512. The van der Waals surface area contributed by atoms with Crippen LogP contribution in [0.2, 0.25) is 0 Å². The highest BCUT2D eigenvalue weighted by molar-refractivity contribution is 7.99. The van der Waals surface area contributed by atoms with Crippen LogP contribution in [0, 0.1) is 0 Å². The number of ether oxygens (including phenoxy) is 2. The number of aromatic nitrogens is 4. The molecule has 1 aliphatic heterocycles. The van der Waals surface area contributed by atoms with Gasteiger partial charge in [-0.3, -0.25) is 4.57 Å². The van der Waals surface area contributed by atoms with Crippen molar-refractivity contribution < 1.29 is 38.0 Å². The second-order valence-electron chi connectivity index (χ2n) is 6.54. The Morgan fingerprint density at radius 1 is 1.30 bits per heavy atom. The molecule has 10 nitrogen and oxygen atoms in total. The molecule has 0 spiro atoms. The molecule has 0 amide bonds. The Labute approximate surface area is 173 Å². The summed E-state index contributed by atoms with van der Waals surface area (Å²) < 4.78 is 49.3. The van der Waals surface area contributed by atoms with Crippen molar-refractivity contribution in [2.45, 2.75) is 42.3 Å². The molecule has 0 saturated carbocycles. The Morgan fingerprint density at radius 2 is 2.07 bits per heavy atom. The molecule has 0 aromatic carbocycles. The van der Waals surface area contributed by atoms with Crippen LogP contribution in [0.4, 0.5) is 19.0 Å². The first-order chi connectivity index (χ1) is 14.2. The van der Waals surface area contributed by atoms with E-state index in [0.717, 1.165) is 11.8 Å². The number of hydrogen-bond donors (Lipinski definition) is 4. The molecule has 2 aromatic rings. The predicted octanol–water partition coefficient (Wildman–Crippen LogP) is 0.541. The van der Waals surface area contributed by atoms with E-state index in [0.29, 0.717) is 18.7 Å². The van der Waals surface area contributed by atoms with Gasteiger partial charge in [0.25, 0.3) is 0 Å². The van der Waals surface area contributed by atoms with Crippen LogP contribution in [-0.4, -0.2) is 91.9 Å². The van der Waals surface area contributed by atoms with Crippen LogP contribution in [0.5, 0.6) is 0 Å². The molecule has 1 aliphatic rings. The molecule has 0 bridgehead atoms. The highest BCUT2D eigenvalue weighted by Gasteiger charge is 2.44. The number of alkyl halides is 3. The van der Waals surface area contributed by atoms with Gasteiger partial charge in [0, 0.05) is 19.4 Å². The second-order valence-corrected chi connectivity index (χ2v) is 7.60. The summed E-state index contributed by atoms with van der Waals surface area (Å²) in [7, 11) is 1.52. The van der Waals surface area contributed by atoms with Gasteiger partial charge in [0.1, 0.15) is 18.3 Å². The van der Waals surface area contributed by atoms with Gasteiger partial charge in [0.15, 0.2) is 28.4 Å². The minimum Gasteiger partial charge on any atom is -0.394 e. The Bertz CT molecular complexity index is 855. The number of imidazole rings is 1. The van der Waals surface area contributed by atoms with Gasteiger partial charge in [0.2, 0.25) is 0 Å². The molecular formula is C16H22F3N5O5S. The quantitative estimate of drug-likeness (QED) is 0.242. The predicted molar refractivity (Wildman–Crippen MR) is 100 cm³/mol. The van der Waals surface area contributed by atoms with Crippen molar-refractivity contribution in [3.05, 3.63) is 6.33 Å². The Morgan fingerprint density at radius 3 is 2.70 bits per heavy atom. The third-order valence-electron chi connectivity index (χ3n) is 4.41. The van der Waals surface area contributed by atoms with Crippen molar-refractivity contribution in [3.63, 3.8) is 0 Å². The summed E-state index contributed by atoms with van der Waals surface area (Å²) in [6, 6.07) is 0. The molecule has 3 heterocycles. The molecule has 4 N–H and O–H groups in total. The average Bonchev–Trinajstić information content (AvgIpc) is 3.22. The molecule has 4 atom stereocenters. The van der Waals surface area contributed by atoms with E-state index >= 15 is 0 Å². The van der Waals surface area contributed by atoms with Crippen LogP contribution >= 0.6 is 11.8 Å². The number of nitrogens with one attached hydrogen (secondary N) is 1. The molecule has 0 aliphatic carbocycles. The average molecular weight is 453 g/mol. The van der Waals surface area contributed by atoms with Crippen molar-refractivity contribution in [3.8, 4) is 0 Å². The zero-order chi connectivity index (χ0) is 21.9. The summed E-state index contributed by atoms with van der Waals surface area (Å²) in [6.45, 7) is 0.228. The van der Waals surface area contributed by atoms with Crippen LogP contribution in [0.15, 0.2) is 11.5 Å². The van der Waals surface area contributed by atoms with Gasteiger partial charge in [-0.2, -0.15) is 13.2 Å². The van der Waals surface area contributed by atoms with Crippen LogP contribution < -0.4 is 5.32 Å². The number of rotatable bonds is 9. The highest BCUT2D eigenvalue weighted by atomic mass is 32.2. The summed E-state index contributed by atoms with van der Waals surface area (Å²) in [5, 5.41) is 32.7. The number of halogens is 3. The maximum atomic E-state index is 12.5. The minimum atomic E-state index is -4.30. The van der Waals surface area contributed by atoms with Crippen molar-refractivity contribution in [1.29, 1.82) is 0 Å². The van der Waals surface area contributed by atoms with Gasteiger partial charge in [-0.05, 0) is 0 Å². The van der Waals surface area contributed by atoms with Crippen LogP contribution in [0.25, 0.3) is 11.2 Å². The topological polar surface area (TPSA) is 135 Å². The fourth-order valence-corrected chi connectivity index (χ4v) is 3.73. The van der Waals surface area contributed by atoms with Crippen LogP contribution in [-0.2, 0) is 9.47 Å². The maximum absolute atomic E-state index is 12.5. The molecule has 0 radical (unpaired) electrons. The smallest absolute Gasteiger partial charge is 0.389 e. The van der Waals surface area contributed by atoms with E-state index in [2.05, 4.69) is 20.3 Å². The highest BCUT2D eigenvalue weighted by Crippen LogP contribution is 2.33. The Balaban J connectivity index is 1.93. The maximum Gasteiger partial charge on any atom is 0.389 e. The summed E-state index contributed by atoms with van der Waals surface area (Å²) in [4.78, 5) is 12.7. The van der Waals surface area contributed by atoms with E-state index in [1.54, 1.807) is 0 Å². The molecule has 30 heavy (non-hydrogen) atoms. The lowest BCUT2D eigenvalue weighted by Crippen LogP contribution is -2.33. The molecule has 14 heteroatoms. The fraction of sp³-hybridized carbons (Fsp3) is 0.688. The van der Waals surface area contributed by atoms with Gasteiger partial charge in [-0.1, -0.05) is 11.8 Å². The van der Waals surface area contributed by atoms with Gasteiger partial charge < -0.3 is 30.1 Å². The normalized spacial score (nSPS) is 24.6. The van der Waals surface area contributed by atoms with Crippen molar-refractivity contribution in [1.82, 2.24) is 19.5 Å². The van der Waals surface area contributed by atoms with Crippen molar-refractivity contribution >= 4 is 28.7 Å². The lowest BCUT2D eigenvalue weighted by Gasteiger charge is -2.17. The molecule has 1 fully saturated rings. The van der Waals surface area contributed by atoms with E-state index in [9.17, 15) is 28.5 Å². The number of fused-ring (bicyclic) bond motifs is 1. The molecule has 0 unspecified atom stereocenters. The van der Waals surface area contributed by atoms with Crippen LogP contribution in [0.1, 0.15) is 12.6 Å². The standard InChI is InChI=1S/C16H22F3N5O5S/c1-28-4-3-20-12-9-13(23-15(22-12)30-5-2-16(17,18)19)24(7-21-9)14-11(27)10(26)8(6-25)29-14/h7-8,10-11,14,25-27H,2-6H2,1H3,(H,20,22,23)/t8-,10-,11-,14-/m1/s1. The molecule has 1 saturated heterocycles. The lowest BCUT2D eigenvalue weighted by molar-refractivity contribution is -0.129. The lowest BCUT2D eigenvalue weighted by atomic mass is 10.1. The van der Waals surface area contributed by atoms with Gasteiger partial charge in [0.05, 0.1) is 26.0 Å². The second kappa shape index (κ2) is 9.62. The van der Waals surface area contributed by atoms with E-state index in [4.69, 9.17) is 9.47 Å². The first kappa shape index (κ1) is 23.0.